The van der Waals surface area contributed by atoms with Crippen LogP contribution >= 0.6 is 11.5 Å². The highest BCUT2D eigenvalue weighted by Gasteiger charge is 2.38. The maximum atomic E-state index is 11.3. The van der Waals surface area contributed by atoms with E-state index >= 15 is 0 Å². The molecule has 0 bridgehead atoms. The summed E-state index contributed by atoms with van der Waals surface area (Å²) in [6.07, 6.45) is 1.62. The van der Waals surface area contributed by atoms with E-state index in [9.17, 15) is 9.90 Å². The molecule has 1 aliphatic rings. The molecule has 0 aromatic carbocycles. The van der Waals surface area contributed by atoms with Gasteiger partial charge in [-0.1, -0.05) is 13.8 Å². The van der Waals surface area contributed by atoms with E-state index in [1.165, 1.54) is 11.5 Å². The summed E-state index contributed by atoms with van der Waals surface area (Å²) in [7, 11) is 0. The van der Waals surface area contributed by atoms with Gasteiger partial charge in [0.05, 0.1) is 5.41 Å². The fourth-order valence-corrected chi connectivity index (χ4v) is 3.00. The molecule has 0 aliphatic carbocycles. The van der Waals surface area contributed by atoms with Crippen molar-refractivity contribution in [1.82, 2.24) is 9.36 Å². The first kappa shape index (κ1) is 13.3. The SMILES string of the molecule is CC(C)c1nsc(N2CCCC(C)(C(=O)O)C2)n1. The van der Waals surface area contributed by atoms with E-state index in [1.54, 1.807) is 0 Å². The number of aliphatic carboxylic acids is 1. The van der Waals surface area contributed by atoms with Gasteiger partial charge in [0.25, 0.3) is 0 Å². The standard InChI is InChI=1S/C12H19N3O2S/c1-8(2)9-13-11(18-14-9)15-6-4-5-12(3,7-15)10(16)17/h8H,4-7H2,1-3H3,(H,16,17). The Hall–Kier alpha value is -1.17. The highest BCUT2D eigenvalue weighted by atomic mass is 32.1. The van der Waals surface area contributed by atoms with Gasteiger partial charge < -0.3 is 10.0 Å². The van der Waals surface area contributed by atoms with Gasteiger partial charge in [-0.15, -0.1) is 0 Å². The molecule has 1 N–H and O–H groups in total. The van der Waals surface area contributed by atoms with Crippen molar-refractivity contribution in [1.29, 1.82) is 0 Å². The number of hydrogen-bond acceptors (Lipinski definition) is 5. The number of carbonyl (C=O) groups is 1. The summed E-state index contributed by atoms with van der Waals surface area (Å²) in [5.41, 5.74) is -0.665. The summed E-state index contributed by atoms with van der Waals surface area (Å²) in [6, 6.07) is 0. The third-order valence-electron chi connectivity index (χ3n) is 3.43. The van der Waals surface area contributed by atoms with Gasteiger partial charge in [-0.2, -0.15) is 4.37 Å². The van der Waals surface area contributed by atoms with Crippen LogP contribution in [0.4, 0.5) is 5.13 Å². The number of aromatic nitrogens is 2. The van der Waals surface area contributed by atoms with Gasteiger partial charge in [0, 0.05) is 30.5 Å². The van der Waals surface area contributed by atoms with Gasteiger partial charge in [0.1, 0.15) is 5.82 Å². The fraction of sp³-hybridized carbons (Fsp3) is 0.750. The second-order valence-electron chi connectivity index (χ2n) is 5.48. The molecular weight excluding hydrogens is 250 g/mol. The van der Waals surface area contributed by atoms with Gasteiger partial charge >= 0.3 is 5.97 Å². The van der Waals surface area contributed by atoms with Crippen molar-refractivity contribution in [3.63, 3.8) is 0 Å². The monoisotopic (exact) mass is 269 g/mol. The first-order valence-electron chi connectivity index (χ1n) is 6.24. The second-order valence-corrected chi connectivity index (χ2v) is 6.21. The normalized spacial score (nSPS) is 24.6. The molecule has 18 heavy (non-hydrogen) atoms. The highest BCUT2D eigenvalue weighted by Crippen LogP contribution is 2.33. The van der Waals surface area contributed by atoms with Crippen molar-refractivity contribution in [3.05, 3.63) is 5.82 Å². The number of piperidine rings is 1. The summed E-state index contributed by atoms with van der Waals surface area (Å²) >= 11 is 1.37. The molecule has 100 valence electrons. The molecule has 2 heterocycles. The smallest absolute Gasteiger partial charge is 0.311 e. The van der Waals surface area contributed by atoms with Gasteiger partial charge in [0.15, 0.2) is 0 Å². The molecule has 0 saturated carbocycles. The van der Waals surface area contributed by atoms with E-state index in [0.29, 0.717) is 12.5 Å². The Morgan fingerprint density at radius 2 is 2.28 bits per heavy atom. The van der Waals surface area contributed by atoms with Crippen molar-refractivity contribution < 1.29 is 9.90 Å². The van der Waals surface area contributed by atoms with Crippen LogP contribution in [-0.4, -0.2) is 33.5 Å². The van der Waals surface area contributed by atoms with E-state index in [2.05, 4.69) is 28.1 Å². The quantitative estimate of drug-likeness (QED) is 0.912. The van der Waals surface area contributed by atoms with E-state index in [0.717, 1.165) is 30.3 Å². The lowest BCUT2D eigenvalue weighted by molar-refractivity contribution is -0.148. The molecule has 1 aromatic rings. The van der Waals surface area contributed by atoms with E-state index < -0.39 is 11.4 Å². The largest absolute Gasteiger partial charge is 0.481 e. The Morgan fingerprint density at radius 1 is 1.56 bits per heavy atom. The van der Waals surface area contributed by atoms with Crippen LogP contribution in [0.5, 0.6) is 0 Å². The molecule has 6 heteroatoms. The van der Waals surface area contributed by atoms with Crippen molar-refractivity contribution >= 4 is 22.6 Å². The van der Waals surface area contributed by atoms with E-state index in [4.69, 9.17) is 0 Å². The molecule has 0 radical (unpaired) electrons. The fourth-order valence-electron chi connectivity index (χ4n) is 2.17. The molecule has 0 amide bonds. The van der Waals surface area contributed by atoms with Gasteiger partial charge in [0.2, 0.25) is 5.13 Å². The zero-order valence-electron chi connectivity index (χ0n) is 11.0. The van der Waals surface area contributed by atoms with Crippen molar-refractivity contribution in [3.8, 4) is 0 Å². The molecule has 2 rings (SSSR count). The maximum Gasteiger partial charge on any atom is 0.311 e. The van der Waals surface area contributed by atoms with Gasteiger partial charge in [-0.25, -0.2) is 4.98 Å². The zero-order chi connectivity index (χ0) is 13.3. The van der Waals surface area contributed by atoms with Crippen LogP contribution in [-0.2, 0) is 4.79 Å². The molecule has 1 aliphatic heterocycles. The van der Waals surface area contributed by atoms with Gasteiger partial charge in [-0.3, -0.25) is 4.79 Å². The summed E-state index contributed by atoms with van der Waals surface area (Å²) in [6.45, 7) is 7.32. The molecule has 1 aromatic heterocycles. The number of hydrogen-bond donors (Lipinski definition) is 1. The predicted molar refractivity (Wildman–Crippen MR) is 71.2 cm³/mol. The van der Waals surface area contributed by atoms with Crippen LogP contribution < -0.4 is 4.90 Å². The Balaban J connectivity index is 2.15. The minimum atomic E-state index is -0.721. The molecule has 0 spiro atoms. The van der Waals surface area contributed by atoms with Crippen LogP contribution in [0.1, 0.15) is 45.4 Å². The van der Waals surface area contributed by atoms with Crippen LogP contribution in [0.2, 0.25) is 0 Å². The molecule has 1 fully saturated rings. The van der Waals surface area contributed by atoms with Crippen LogP contribution in [0.25, 0.3) is 0 Å². The van der Waals surface area contributed by atoms with Crippen molar-refractivity contribution in [2.24, 2.45) is 5.41 Å². The summed E-state index contributed by atoms with van der Waals surface area (Å²) in [5, 5.41) is 10.1. The first-order chi connectivity index (χ1) is 8.42. The molecule has 1 atom stereocenters. The average Bonchev–Trinajstić information content (AvgIpc) is 2.78. The summed E-state index contributed by atoms with van der Waals surface area (Å²) < 4.78 is 4.32. The van der Waals surface area contributed by atoms with Crippen LogP contribution in [0, 0.1) is 5.41 Å². The molecule has 1 saturated heterocycles. The van der Waals surface area contributed by atoms with Gasteiger partial charge in [-0.05, 0) is 19.8 Å². The minimum absolute atomic E-state index is 0.311. The van der Waals surface area contributed by atoms with Crippen LogP contribution in [0.15, 0.2) is 0 Å². The Labute approximate surface area is 111 Å². The Kier molecular flexibility index (Phi) is 3.56. The van der Waals surface area contributed by atoms with Crippen molar-refractivity contribution in [2.75, 3.05) is 18.0 Å². The molecular formula is C12H19N3O2S. The molecule has 5 nitrogen and oxygen atoms in total. The highest BCUT2D eigenvalue weighted by molar-refractivity contribution is 7.09. The minimum Gasteiger partial charge on any atom is -0.481 e. The number of rotatable bonds is 3. The predicted octanol–water partition coefficient (Wildman–Crippen LogP) is 2.35. The summed E-state index contributed by atoms with van der Waals surface area (Å²) in [4.78, 5) is 17.9. The Bertz CT molecular complexity index is 446. The third-order valence-corrected chi connectivity index (χ3v) is 4.22. The zero-order valence-corrected chi connectivity index (χ0v) is 11.8. The number of anilines is 1. The average molecular weight is 269 g/mol. The lowest BCUT2D eigenvalue weighted by atomic mass is 9.82. The number of nitrogens with zero attached hydrogens (tertiary/aromatic N) is 3. The first-order valence-corrected chi connectivity index (χ1v) is 7.02. The number of carboxylic acids is 1. The third kappa shape index (κ3) is 2.48. The van der Waals surface area contributed by atoms with E-state index in [-0.39, 0.29) is 0 Å². The molecule has 1 unspecified atom stereocenters. The topological polar surface area (TPSA) is 66.3 Å². The van der Waals surface area contributed by atoms with Crippen molar-refractivity contribution in [2.45, 2.75) is 39.5 Å². The van der Waals surface area contributed by atoms with Crippen LogP contribution in [0.3, 0.4) is 0 Å². The Morgan fingerprint density at radius 3 is 2.83 bits per heavy atom. The second kappa shape index (κ2) is 4.84. The summed E-state index contributed by atoms with van der Waals surface area (Å²) in [5.74, 6) is 0.434. The maximum absolute atomic E-state index is 11.3. The number of carboxylic acid groups (broad SMARTS) is 1. The lowest BCUT2D eigenvalue weighted by Gasteiger charge is -2.37. The van der Waals surface area contributed by atoms with E-state index in [1.807, 2.05) is 6.92 Å². The lowest BCUT2D eigenvalue weighted by Crippen LogP contribution is -2.46.